The standard InChI is InChI=1S/C4H8N2.ClH/c1-4(2,6)3-5;/h6H2,1-2H3;1H. The Kier molecular flexibility index (Phi) is 4.01. The van der Waals surface area contributed by atoms with Crippen LogP contribution in [0.4, 0.5) is 0 Å². The van der Waals surface area contributed by atoms with Crippen molar-refractivity contribution in [1.29, 1.82) is 5.26 Å². The van der Waals surface area contributed by atoms with Gasteiger partial charge in [0.2, 0.25) is 0 Å². The molecule has 0 radical (unpaired) electrons. The third-order valence-corrected chi connectivity index (χ3v) is 0.288. The van der Waals surface area contributed by atoms with E-state index in [1.54, 1.807) is 13.8 Å². The highest BCUT2D eigenvalue weighted by Crippen LogP contribution is 1.88. The zero-order valence-corrected chi connectivity index (χ0v) is 5.25. The van der Waals surface area contributed by atoms with E-state index in [9.17, 15) is 0 Å². The maximum absolute atomic E-state index is 8.03. The van der Waals surface area contributed by atoms with E-state index < -0.39 is 5.54 Å². The summed E-state index contributed by atoms with van der Waals surface area (Å²) in [7, 11) is 0. The zero-order chi connectivity index (χ0) is 5.21. The summed E-state index contributed by atoms with van der Waals surface area (Å²) in [6, 6.07) is 1.88. The lowest BCUT2D eigenvalue weighted by Gasteiger charge is -2.02. The normalized spacial score (nSPS) is 8.86. The van der Waals surface area contributed by atoms with Crippen molar-refractivity contribution in [1.82, 2.24) is 0 Å². The highest BCUT2D eigenvalue weighted by Gasteiger charge is 2.04. The molecule has 0 unspecified atom stereocenters. The van der Waals surface area contributed by atoms with Crippen LogP contribution in [0.15, 0.2) is 0 Å². The molecule has 0 aromatic heterocycles. The largest absolute Gasteiger partial charge is 0.314 e. The quantitative estimate of drug-likeness (QED) is 0.511. The Morgan fingerprint density at radius 2 is 1.71 bits per heavy atom. The second kappa shape index (κ2) is 2.84. The van der Waals surface area contributed by atoms with Gasteiger partial charge in [0.1, 0.15) is 0 Å². The summed E-state index contributed by atoms with van der Waals surface area (Å²) < 4.78 is 0. The molecule has 7 heavy (non-hydrogen) atoms. The van der Waals surface area contributed by atoms with Crippen molar-refractivity contribution in [2.45, 2.75) is 19.4 Å². The highest BCUT2D eigenvalue weighted by molar-refractivity contribution is 5.85. The molecular weight excluding hydrogens is 112 g/mol. The molecule has 0 rings (SSSR count). The third-order valence-electron chi connectivity index (χ3n) is 0.288. The molecular formula is C4H9ClN2. The molecule has 42 valence electrons. The van der Waals surface area contributed by atoms with Crippen molar-refractivity contribution < 1.29 is 0 Å². The van der Waals surface area contributed by atoms with E-state index in [0.717, 1.165) is 0 Å². The van der Waals surface area contributed by atoms with Crippen LogP contribution in [0.3, 0.4) is 0 Å². The number of halogens is 1. The Labute approximate surface area is 49.7 Å². The second-order valence-corrected chi connectivity index (χ2v) is 1.83. The number of nitriles is 1. The van der Waals surface area contributed by atoms with E-state index in [1.165, 1.54) is 0 Å². The lowest BCUT2D eigenvalue weighted by Crippen LogP contribution is -2.28. The molecule has 0 amide bonds. The molecule has 2 nitrogen and oxygen atoms in total. The van der Waals surface area contributed by atoms with Gasteiger partial charge in [0.25, 0.3) is 0 Å². The highest BCUT2D eigenvalue weighted by atomic mass is 35.5. The van der Waals surface area contributed by atoms with Crippen LogP contribution in [0.5, 0.6) is 0 Å². The topological polar surface area (TPSA) is 49.8 Å². The molecule has 0 aliphatic rings. The van der Waals surface area contributed by atoms with Crippen LogP contribution in [-0.4, -0.2) is 5.54 Å². The molecule has 2 N–H and O–H groups in total. The molecule has 0 fully saturated rings. The van der Waals surface area contributed by atoms with E-state index >= 15 is 0 Å². The van der Waals surface area contributed by atoms with Crippen LogP contribution >= 0.6 is 12.4 Å². The fraction of sp³-hybridized carbons (Fsp3) is 0.750. The first-order valence-electron chi connectivity index (χ1n) is 1.76. The second-order valence-electron chi connectivity index (χ2n) is 1.83. The minimum absolute atomic E-state index is 0. The van der Waals surface area contributed by atoms with Crippen LogP contribution in [-0.2, 0) is 0 Å². The minimum Gasteiger partial charge on any atom is -0.314 e. The van der Waals surface area contributed by atoms with Crippen molar-refractivity contribution >= 4 is 12.4 Å². The van der Waals surface area contributed by atoms with E-state index in [1.807, 2.05) is 6.07 Å². The zero-order valence-electron chi connectivity index (χ0n) is 4.43. The van der Waals surface area contributed by atoms with Gasteiger partial charge in [-0.3, -0.25) is 0 Å². The van der Waals surface area contributed by atoms with Crippen LogP contribution in [0.2, 0.25) is 0 Å². The molecule has 0 aliphatic heterocycles. The molecule has 0 saturated heterocycles. The Hall–Kier alpha value is -0.260. The van der Waals surface area contributed by atoms with Crippen molar-refractivity contribution in [2.24, 2.45) is 5.73 Å². The van der Waals surface area contributed by atoms with Gasteiger partial charge in [0.05, 0.1) is 11.6 Å². The molecule has 0 atom stereocenters. The SMILES string of the molecule is CC(C)(N)C#N.Cl. The molecule has 0 heterocycles. The van der Waals surface area contributed by atoms with E-state index in [4.69, 9.17) is 11.0 Å². The summed E-state index contributed by atoms with van der Waals surface area (Å²) in [4.78, 5) is 0. The van der Waals surface area contributed by atoms with Gasteiger partial charge in [-0.05, 0) is 13.8 Å². The van der Waals surface area contributed by atoms with Crippen LogP contribution in [0.1, 0.15) is 13.8 Å². The average Bonchev–Trinajstić information content (AvgIpc) is 1.35. The van der Waals surface area contributed by atoms with Crippen molar-refractivity contribution in [2.75, 3.05) is 0 Å². The summed E-state index contributed by atoms with van der Waals surface area (Å²) in [5, 5.41) is 8.03. The van der Waals surface area contributed by atoms with E-state index in [2.05, 4.69) is 0 Å². The minimum atomic E-state index is -0.653. The molecule has 0 aliphatic carbocycles. The van der Waals surface area contributed by atoms with Gasteiger partial charge in [0.15, 0.2) is 0 Å². The first-order chi connectivity index (χ1) is 2.56. The molecule has 0 saturated carbocycles. The maximum atomic E-state index is 8.03. The van der Waals surface area contributed by atoms with Gasteiger partial charge in [-0.2, -0.15) is 5.26 Å². The average molecular weight is 121 g/mol. The molecule has 0 aromatic carbocycles. The Morgan fingerprint density at radius 1 is 1.57 bits per heavy atom. The number of rotatable bonds is 0. The Bertz CT molecular complexity index is 76.7. The fourth-order valence-corrected chi connectivity index (χ4v) is 0. The van der Waals surface area contributed by atoms with Crippen LogP contribution in [0, 0.1) is 11.3 Å². The molecule has 3 heteroatoms. The van der Waals surface area contributed by atoms with Gasteiger partial charge in [-0.15, -0.1) is 12.4 Å². The van der Waals surface area contributed by atoms with Crippen LogP contribution in [0.25, 0.3) is 0 Å². The van der Waals surface area contributed by atoms with Gasteiger partial charge < -0.3 is 5.73 Å². The van der Waals surface area contributed by atoms with Gasteiger partial charge in [-0.1, -0.05) is 0 Å². The van der Waals surface area contributed by atoms with Crippen molar-refractivity contribution in [3.05, 3.63) is 0 Å². The summed E-state index contributed by atoms with van der Waals surface area (Å²) >= 11 is 0. The monoisotopic (exact) mass is 120 g/mol. The fourth-order valence-electron chi connectivity index (χ4n) is 0. The smallest absolute Gasteiger partial charge is 0.0981 e. The van der Waals surface area contributed by atoms with Gasteiger partial charge in [-0.25, -0.2) is 0 Å². The number of hydrogen-bond donors (Lipinski definition) is 1. The van der Waals surface area contributed by atoms with Gasteiger partial charge >= 0.3 is 0 Å². The number of nitrogens with zero attached hydrogens (tertiary/aromatic N) is 1. The number of nitrogens with two attached hydrogens (primary N) is 1. The van der Waals surface area contributed by atoms with E-state index in [-0.39, 0.29) is 12.4 Å². The van der Waals surface area contributed by atoms with Crippen molar-refractivity contribution in [3.63, 3.8) is 0 Å². The van der Waals surface area contributed by atoms with Crippen LogP contribution < -0.4 is 5.73 Å². The summed E-state index contributed by atoms with van der Waals surface area (Å²) in [6.45, 7) is 3.32. The molecule has 0 bridgehead atoms. The molecule has 0 spiro atoms. The predicted octanol–water partition coefficient (Wildman–Crippen LogP) is 0.669. The number of hydrogen-bond acceptors (Lipinski definition) is 2. The first kappa shape index (κ1) is 9.88. The predicted molar refractivity (Wildman–Crippen MR) is 31.1 cm³/mol. The summed E-state index contributed by atoms with van der Waals surface area (Å²) in [6.07, 6.45) is 0. The first-order valence-corrected chi connectivity index (χ1v) is 1.76. The van der Waals surface area contributed by atoms with Gasteiger partial charge in [0, 0.05) is 0 Å². The van der Waals surface area contributed by atoms with E-state index in [0.29, 0.717) is 0 Å². The maximum Gasteiger partial charge on any atom is 0.0981 e. The summed E-state index contributed by atoms with van der Waals surface area (Å²) in [5.41, 5.74) is 4.52. The third kappa shape index (κ3) is 10.7. The Morgan fingerprint density at radius 3 is 1.71 bits per heavy atom. The lowest BCUT2D eigenvalue weighted by atomic mass is 10.1. The van der Waals surface area contributed by atoms with Crippen molar-refractivity contribution in [3.8, 4) is 6.07 Å². The lowest BCUT2D eigenvalue weighted by molar-refractivity contribution is 0.670. The summed E-state index contributed by atoms with van der Waals surface area (Å²) in [5.74, 6) is 0. The molecule has 0 aromatic rings. The Balaban J connectivity index is 0.